The van der Waals surface area contributed by atoms with Crippen LogP contribution in [0.3, 0.4) is 0 Å². The van der Waals surface area contributed by atoms with Gasteiger partial charge in [0.2, 0.25) is 0 Å². The molecule has 2 aromatic heterocycles. The maximum atomic E-state index is 4.41. The quantitative estimate of drug-likeness (QED) is 0.666. The van der Waals surface area contributed by atoms with Crippen LogP contribution in [0.1, 0.15) is 25.6 Å². The van der Waals surface area contributed by atoms with Crippen molar-refractivity contribution in [3.63, 3.8) is 0 Å². The van der Waals surface area contributed by atoms with Crippen molar-refractivity contribution in [2.24, 2.45) is 0 Å². The smallest absolute Gasteiger partial charge is 0.111 e. The van der Waals surface area contributed by atoms with Gasteiger partial charge in [-0.15, -0.1) is 0 Å². The van der Waals surface area contributed by atoms with Gasteiger partial charge in [0.05, 0.1) is 6.20 Å². The van der Waals surface area contributed by atoms with Gasteiger partial charge in [-0.1, -0.05) is 0 Å². The molecule has 0 fully saturated rings. The van der Waals surface area contributed by atoms with Crippen LogP contribution in [-0.2, 0) is 0 Å². The zero-order chi connectivity index (χ0) is 9.42. The van der Waals surface area contributed by atoms with Crippen molar-refractivity contribution in [2.45, 2.75) is 26.8 Å². The molecule has 2 rings (SSSR count). The fourth-order valence-corrected chi connectivity index (χ4v) is 1.29. The standard InChI is InChI=1S/C10H13N3/c1-7(2)13-6-10-9(12-13)5-4-8(3)11-10/h4-7H,1-3H3. The summed E-state index contributed by atoms with van der Waals surface area (Å²) in [7, 11) is 0. The SMILES string of the molecule is Cc1ccc2nn(C(C)C)cc2n1. The summed E-state index contributed by atoms with van der Waals surface area (Å²) < 4.78 is 1.94. The maximum Gasteiger partial charge on any atom is 0.111 e. The summed E-state index contributed by atoms with van der Waals surface area (Å²) in [6, 6.07) is 4.39. The molecule has 0 unspecified atom stereocenters. The van der Waals surface area contributed by atoms with Crippen molar-refractivity contribution in [1.82, 2.24) is 14.8 Å². The first kappa shape index (κ1) is 8.23. The predicted molar refractivity (Wildman–Crippen MR) is 52.7 cm³/mol. The second-order valence-corrected chi connectivity index (χ2v) is 3.56. The van der Waals surface area contributed by atoms with Crippen LogP contribution in [0.2, 0.25) is 0 Å². The van der Waals surface area contributed by atoms with Gasteiger partial charge in [-0.25, -0.2) is 4.98 Å². The fourth-order valence-electron chi connectivity index (χ4n) is 1.29. The van der Waals surface area contributed by atoms with E-state index in [1.807, 2.05) is 29.9 Å². The van der Waals surface area contributed by atoms with Crippen LogP contribution in [0.25, 0.3) is 11.0 Å². The molecule has 0 radical (unpaired) electrons. The van der Waals surface area contributed by atoms with Gasteiger partial charge in [0.1, 0.15) is 11.0 Å². The van der Waals surface area contributed by atoms with Crippen molar-refractivity contribution >= 4 is 11.0 Å². The number of nitrogens with zero attached hydrogens (tertiary/aromatic N) is 3. The second-order valence-electron chi connectivity index (χ2n) is 3.56. The van der Waals surface area contributed by atoms with Gasteiger partial charge in [0, 0.05) is 11.7 Å². The van der Waals surface area contributed by atoms with Crippen molar-refractivity contribution in [2.75, 3.05) is 0 Å². The van der Waals surface area contributed by atoms with Crippen LogP contribution >= 0.6 is 0 Å². The van der Waals surface area contributed by atoms with E-state index in [1.54, 1.807) is 0 Å². The van der Waals surface area contributed by atoms with Crippen molar-refractivity contribution in [1.29, 1.82) is 0 Å². The van der Waals surface area contributed by atoms with Gasteiger partial charge in [-0.3, -0.25) is 4.68 Å². The number of rotatable bonds is 1. The van der Waals surface area contributed by atoms with E-state index in [-0.39, 0.29) is 0 Å². The van der Waals surface area contributed by atoms with Crippen LogP contribution in [0.5, 0.6) is 0 Å². The number of aromatic nitrogens is 3. The summed E-state index contributed by atoms with van der Waals surface area (Å²) in [5, 5.41) is 4.41. The third-order valence-electron chi connectivity index (χ3n) is 2.05. The minimum absolute atomic E-state index is 0.398. The van der Waals surface area contributed by atoms with Crippen LogP contribution in [-0.4, -0.2) is 14.8 Å². The van der Waals surface area contributed by atoms with Crippen molar-refractivity contribution < 1.29 is 0 Å². The lowest BCUT2D eigenvalue weighted by Gasteiger charge is -2.01. The number of fused-ring (bicyclic) bond motifs is 1. The van der Waals surface area contributed by atoms with Gasteiger partial charge < -0.3 is 0 Å². The highest BCUT2D eigenvalue weighted by molar-refractivity contribution is 5.73. The average molecular weight is 175 g/mol. The Morgan fingerprint density at radius 1 is 1.23 bits per heavy atom. The highest BCUT2D eigenvalue weighted by Crippen LogP contribution is 2.13. The number of pyridine rings is 1. The summed E-state index contributed by atoms with van der Waals surface area (Å²) in [6.45, 7) is 6.21. The van der Waals surface area contributed by atoms with E-state index < -0.39 is 0 Å². The molecule has 0 atom stereocenters. The monoisotopic (exact) mass is 175 g/mol. The van der Waals surface area contributed by atoms with E-state index in [2.05, 4.69) is 23.9 Å². The number of aryl methyl sites for hydroxylation is 1. The van der Waals surface area contributed by atoms with E-state index in [0.29, 0.717) is 6.04 Å². The lowest BCUT2D eigenvalue weighted by Crippen LogP contribution is -1.99. The summed E-state index contributed by atoms with van der Waals surface area (Å²) in [6.07, 6.45) is 1.99. The third kappa shape index (κ3) is 1.41. The van der Waals surface area contributed by atoms with Gasteiger partial charge in [-0.05, 0) is 32.9 Å². The molecular weight excluding hydrogens is 162 g/mol. The predicted octanol–water partition coefficient (Wildman–Crippen LogP) is 2.32. The van der Waals surface area contributed by atoms with Gasteiger partial charge in [-0.2, -0.15) is 5.10 Å². The maximum absolute atomic E-state index is 4.41. The van der Waals surface area contributed by atoms with E-state index in [0.717, 1.165) is 16.7 Å². The Morgan fingerprint density at radius 2 is 2.00 bits per heavy atom. The molecule has 68 valence electrons. The van der Waals surface area contributed by atoms with Gasteiger partial charge >= 0.3 is 0 Å². The Bertz CT molecular complexity index is 429. The molecule has 0 aromatic carbocycles. The molecule has 13 heavy (non-hydrogen) atoms. The molecule has 0 saturated heterocycles. The first-order valence-corrected chi connectivity index (χ1v) is 4.49. The molecule has 3 nitrogen and oxygen atoms in total. The molecule has 0 bridgehead atoms. The third-order valence-corrected chi connectivity index (χ3v) is 2.05. The average Bonchev–Trinajstić information content (AvgIpc) is 2.46. The molecule has 0 saturated carbocycles. The molecule has 0 aliphatic heterocycles. The van der Waals surface area contributed by atoms with Gasteiger partial charge in [0.25, 0.3) is 0 Å². The van der Waals surface area contributed by atoms with Crippen LogP contribution in [0.4, 0.5) is 0 Å². The Kier molecular flexibility index (Phi) is 1.79. The van der Waals surface area contributed by atoms with E-state index in [4.69, 9.17) is 0 Å². The van der Waals surface area contributed by atoms with Crippen molar-refractivity contribution in [3.05, 3.63) is 24.0 Å². The largest absolute Gasteiger partial charge is 0.267 e. The normalized spacial score (nSPS) is 11.4. The Labute approximate surface area is 77.4 Å². The second kappa shape index (κ2) is 2.83. The molecule has 0 N–H and O–H groups in total. The van der Waals surface area contributed by atoms with E-state index >= 15 is 0 Å². The molecule has 0 aliphatic carbocycles. The lowest BCUT2D eigenvalue weighted by molar-refractivity contribution is 0.537. The highest BCUT2D eigenvalue weighted by atomic mass is 15.3. The molecular formula is C10H13N3. The first-order chi connectivity index (χ1) is 6.16. The molecule has 2 aromatic rings. The van der Waals surface area contributed by atoms with Gasteiger partial charge in [0.15, 0.2) is 0 Å². The highest BCUT2D eigenvalue weighted by Gasteiger charge is 2.03. The number of hydrogen-bond donors (Lipinski definition) is 0. The van der Waals surface area contributed by atoms with Crippen LogP contribution < -0.4 is 0 Å². The fraction of sp³-hybridized carbons (Fsp3) is 0.400. The Balaban J connectivity index is 2.62. The molecule has 2 heterocycles. The molecule has 0 amide bonds. The summed E-state index contributed by atoms with van der Waals surface area (Å²) in [5.74, 6) is 0. The summed E-state index contributed by atoms with van der Waals surface area (Å²) in [4.78, 5) is 4.40. The Morgan fingerprint density at radius 3 is 2.69 bits per heavy atom. The summed E-state index contributed by atoms with van der Waals surface area (Å²) in [5.41, 5.74) is 2.99. The molecule has 0 spiro atoms. The minimum atomic E-state index is 0.398. The number of hydrogen-bond acceptors (Lipinski definition) is 2. The van der Waals surface area contributed by atoms with E-state index in [1.165, 1.54) is 0 Å². The molecule has 3 heteroatoms. The zero-order valence-electron chi connectivity index (χ0n) is 8.15. The first-order valence-electron chi connectivity index (χ1n) is 4.49. The minimum Gasteiger partial charge on any atom is -0.267 e. The Hall–Kier alpha value is -1.38. The van der Waals surface area contributed by atoms with Crippen LogP contribution in [0, 0.1) is 6.92 Å². The van der Waals surface area contributed by atoms with E-state index in [9.17, 15) is 0 Å². The summed E-state index contributed by atoms with van der Waals surface area (Å²) >= 11 is 0. The lowest BCUT2D eigenvalue weighted by atomic mass is 10.3. The topological polar surface area (TPSA) is 30.7 Å². The van der Waals surface area contributed by atoms with Crippen LogP contribution in [0.15, 0.2) is 18.3 Å². The van der Waals surface area contributed by atoms with Crippen molar-refractivity contribution in [3.8, 4) is 0 Å². The zero-order valence-corrected chi connectivity index (χ0v) is 8.15. The molecule has 0 aliphatic rings.